The summed E-state index contributed by atoms with van der Waals surface area (Å²) in [5.74, 6) is 0. The van der Waals surface area contributed by atoms with Gasteiger partial charge < -0.3 is 19.6 Å². The van der Waals surface area contributed by atoms with Crippen molar-refractivity contribution in [3.8, 4) is 0 Å². The first-order chi connectivity index (χ1) is 6.85. The molecule has 0 radical (unpaired) electrons. The maximum atomic E-state index is 5.52. The van der Waals surface area contributed by atoms with Crippen LogP contribution in [0.3, 0.4) is 0 Å². The number of methoxy groups -OCH3 is 2. The van der Waals surface area contributed by atoms with Crippen molar-refractivity contribution in [2.24, 2.45) is 5.73 Å². The van der Waals surface area contributed by atoms with Crippen LogP contribution in [0.2, 0.25) is 6.04 Å². The average molecular weight is 221 g/mol. The van der Waals surface area contributed by atoms with Crippen molar-refractivity contribution in [3.05, 3.63) is 0 Å². The minimum atomic E-state index is -0.379. The number of hydrogen-bond donors (Lipinski definition) is 1. The summed E-state index contributed by atoms with van der Waals surface area (Å²) < 4.78 is 15.5. The van der Waals surface area contributed by atoms with E-state index in [4.69, 9.17) is 19.6 Å². The number of nitrogens with two attached hydrogens (primary N) is 1. The molecule has 0 amide bonds. The highest BCUT2D eigenvalue weighted by Gasteiger charge is 2.03. The first-order valence-corrected chi connectivity index (χ1v) is 6.76. The van der Waals surface area contributed by atoms with Gasteiger partial charge in [0.25, 0.3) is 0 Å². The lowest BCUT2D eigenvalue weighted by Gasteiger charge is -2.13. The average Bonchev–Trinajstić information content (AvgIpc) is 2.22. The predicted octanol–water partition coefficient (Wildman–Crippen LogP) is 0.253. The van der Waals surface area contributed by atoms with Crippen LogP contribution in [0.1, 0.15) is 19.3 Å². The SMILES string of the molecule is COC(CO[SiH2]CCCCCN)OC. The van der Waals surface area contributed by atoms with Gasteiger partial charge in [-0.1, -0.05) is 12.8 Å². The zero-order chi connectivity index (χ0) is 10.6. The van der Waals surface area contributed by atoms with Crippen molar-refractivity contribution < 1.29 is 13.9 Å². The summed E-state index contributed by atoms with van der Waals surface area (Å²) in [5, 5.41) is 0. The molecule has 0 aliphatic rings. The number of ether oxygens (including phenoxy) is 2. The van der Waals surface area contributed by atoms with Gasteiger partial charge in [-0.15, -0.1) is 0 Å². The number of rotatable bonds is 10. The van der Waals surface area contributed by atoms with Crippen LogP contribution in [0.25, 0.3) is 0 Å². The Morgan fingerprint density at radius 2 is 1.86 bits per heavy atom. The fourth-order valence-corrected chi connectivity index (χ4v) is 2.23. The standard InChI is InChI=1S/C9H23NO3Si/c1-11-9(12-2)8-13-14-7-5-3-4-6-10/h9H,3-8,10,14H2,1-2H3. The van der Waals surface area contributed by atoms with E-state index in [1.165, 1.54) is 18.9 Å². The maximum Gasteiger partial charge on any atom is 0.178 e. The van der Waals surface area contributed by atoms with Crippen LogP contribution in [0, 0.1) is 0 Å². The molecule has 0 saturated heterocycles. The normalized spacial score (nSPS) is 12.0. The lowest BCUT2D eigenvalue weighted by molar-refractivity contribution is -0.121. The molecule has 0 fully saturated rings. The molecule has 2 N–H and O–H groups in total. The summed E-state index contributed by atoms with van der Waals surface area (Å²) in [6.45, 7) is 1.37. The summed E-state index contributed by atoms with van der Waals surface area (Å²) >= 11 is 0. The first kappa shape index (κ1) is 14.1. The van der Waals surface area contributed by atoms with Crippen LogP contribution in [-0.4, -0.2) is 43.4 Å². The molecule has 0 unspecified atom stereocenters. The Morgan fingerprint density at radius 1 is 1.14 bits per heavy atom. The molecule has 0 aromatic heterocycles. The molecule has 4 nitrogen and oxygen atoms in total. The molecule has 0 aromatic rings. The third-order valence-corrected chi connectivity index (χ3v) is 3.34. The van der Waals surface area contributed by atoms with E-state index in [2.05, 4.69) is 0 Å². The van der Waals surface area contributed by atoms with Crippen LogP contribution in [0.15, 0.2) is 0 Å². The Kier molecular flexibility index (Phi) is 11.2. The fourth-order valence-electron chi connectivity index (χ4n) is 1.11. The Morgan fingerprint density at radius 3 is 2.43 bits per heavy atom. The molecule has 0 rings (SSSR count). The van der Waals surface area contributed by atoms with Gasteiger partial charge >= 0.3 is 0 Å². The Hall–Kier alpha value is 0.0569. The fraction of sp³-hybridized carbons (Fsp3) is 1.00. The van der Waals surface area contributed by atoms with Gasteiger partial charge in [0.05, 0.1) is 6.61 Å². The molecule has 0 aliphatic heterocycles. The largest absolute Gasteiger partial charge is 0.419 e. The summed E-state index contributed by atoms with van der Waals surface area (Å²) in [5.41, 5.74) is 5.39. The van der Waals surface area contributed by atoms with Gasteiger partial charge in [0.2, 0.25) is 0 Å². The minimum Gasteiger partial charge on any atom is -0.419 e. The molecular weight excluding hydrogens is 198 g/mol. The van der Waals surface area contributed by atoms with Crippen molar-refractivity contribution in [2.75, 3.05) is 27.4 Å². The Bertz CT molecular complexity index is 112. The lowest BCUT2D eigenvalue weighted by Crippen LogP contribution is -2.21. The summed E-state index contributed by atoms with van der Waals surface area (Å²) in [4.78, 5) is 0. The third kappa shape index (κ3) is 8.65. The molecule has 0 bridgehead atoms. The van der Waals surface area contributed by atoms with Gasteiger partial charge in [0.1, 0.15) is 0 Å². The van der Waals surface area contributed by atoms with Gasteiger partial charge in [-0.25, -0.2) is 0 Å². The second-order valence-corrected chi connectivity index (χ2v) is 4.70. The minimum absolute atomic E-state index is 0.202. The van der Waals surface area contributed by atoms with Crippen LogP contribution in [-0.2, 0) is 13.9 Å². The topological polar surface area (TPSA) is 53.7 Å². The van der Waals surface area contributed by atoms with E-state index in [1.807, 2.05) is 0 Å². The number of hydrogen-bond acceptors (Lipinski definition) is 4. The van der Waals surface area contributed by atoms with Crippen molar-refractivity contribution >= 4 is 9.76 Å². The highest BCUT2D eigenvalue weighted by atomic mass is 28.2. The van der Waals surface area contributed by atoms with Crippen molar-refractivity contribution in [1.29, 1.82) is 0 Å². The molecular formula is C9H23NO3Si. The van der Waals surface area contributed by atoms with E-state index in [0.717, 1.165) is 13.0 Å². The Balaban J connectivity index is 3.04. The molecule has 0 saturated carbocycles. The van der Waals surface area contributed by atoms with Gasteiger partial charge in [-0.3, -0.25) is 0 Å². The summed E-state index contributed by atoms with van der Waals surface area (Å²) in [6.07, 6.45) is 3.40. The summed E-state index contributed by atoms with van der Waals surface area (Å²) in [6, 6.07) is 1.22. The van der Waals surface area contributed by atoms with E-state index < -0.39 is 0 Å². The van der Waals surface area contributed by atoms with Crippen LogP contribution < -0.4 is 5.73 Å². The predicted molar refractivity (Wildman–Crippen MR) is 60.0 cm³/mol. The van der Waals surface area contributed by atoms with Gasteiger partial charge in [0.15, 0.2) is 16.1 Å². The quantitative estimate of drug-likeness (QED) is 0.326. The molecule has 0 spiro atoms. The van der Waals surface area contributed by atoms with Crippen molar-refractivity contribution in [1.82, 2.24) is 0 Å². The van der Waals surface area contributed by atoms with Crippen LogP contribution in [0.5, 0.6) is 0 Å². The highest BCUT2D eigenvalue weighted by Crippen LogP contribution is 1.99. The van der Waals surface area contributed by atoms with E-state index in [9.17, 15) is 0 Å². The first-order valence-electron chi connectivity index (χ1n) is 5.18. The zero-order valence-electron chi connectivity index (χ0n) is 9.33. The zero-order valence-corrected chi connectivity index (χ0v) is 10.7. The lowest BCUT2D eigenvalue weighted by atomic mass is 10.2. The monoisotopic (exact) mass is 221 g/mol. The van der Waals surface area contributed by atoms with E-state index in [1.54, 1.807) is 14.2 Å². The Labute approximate surface area is 89.0 Å². The molecule has 14 heavy (non-hydrogen) atoms. The smallest absolute Gasteiger partial charge is 0.178 e. The molecule has 0 heterocycles. The van der Waals surface area contributed by atoms with Crippen LogP contribution >= 0.6 is 0 Å². The summed E-state index contributed by atoms with van der Waals surface area (Å²) in [7, 11) is 2.87. The van der Waals surface area contributed by atoms with Gasteiger partial charge in [0, 0.05) is 14.2 Å². The van der Waals surface area contributed by atoms with Crippen molar-refractivity contribution in [2.45, 2.75) is 31.6 Å². The third-order valence-electron chi connectivity index (χ3n) is 2.02. The molecule has 0 atom stereocenters. The molecule has 86 valence electrons. The maximum absolute atomic E-state index is 5.52. The molecule has 0 aromatic carbocycles. The van der Waals surface area contributed by atoms with E-state index in [-0.39, 0.29) is 16.1 Å². The highest BCUT2D eigenvalue weighted by molar-refractivity contribution is 6.26. The number of unbranched alkanes of at least 4 members (excludes halogenated alkanes) is 2. The molecule has 5 heteroatoms. The van der Waals surface area contributed by atoms with E-state index >= 15 is 0 Å². The second-order valence-electron chi connectivity index (χ2n) is 3.18. The van der Waals surface area contributed by atoms with Gasteiger partial charge in [-0.05, 0) is 19.0 Å². The molecule has 0 aliphatic carbocycles. The van der Waals surface area contributed by atoms with Crippen LogP contribution in [0.4, 0.5) is 0 Å². The van der Waals surface area contributed by atoms with E-state index in [0.29, 0.717) is 6.61 Å². The van der Waals surface area contributed by atoms with Crippen molar-refractivity contribution in [3.63, 3.8) is 0 Å². The van der Waals surface area contributed by atoms with Gasteiger partial charge in [-0.2, -0.15) is 0 Å². The second kappa shape index (κ2) is 11.1.